The van der Waals surface area contributed by atoms with E-state index >= 15 is 0 Å². The molecule has 0 unspecified atom stereocenters. The summed E-state index contributed by atoms with van der Waals surface area (Å²) in [6, 6.07) is 38.3. The van der Waals surface area contributed by atoms with Gasteiger partial charge in [-0.3, -0.25) is 0 Å². The molecule has 0 aliphatic carbocycles. The van der Waals surface area contributed by atoms with E-state index in [9.17, 15) is 0 Å². The van der Waals surface area contributed by atoms with Crippen LogP contribution in [0.25, 0.3) is 0 Å². The number of benzene rings is 4. The summed E-state index contributed by atoms with van der Waals surface area (Å²) in [5, 5.41) is 0. The number of hydrogen-bond donors (Lipinski definition) is 0. The van der Waals surface area contributed by atoms with Crippen molar-refractivity contribution in [1.29, 1.82) is 0 Å². The first kappa shape index (κ1) is 29.8. The SMILES string of the molecule is CSc1ccc(COCc2ccc(SC)cc2)cc1.c1ccc(SCCCCSc2ccccc2)cc1. The van der Waals surface area contributed by atoms with E-state index in [-0.39, 0.29) is 0 Å². The molecule has 0 heterocycles. The van der Waals surface area contributed by atoms with Crippen LogP contribution in [-0.2, 0) is 18.0 Å². The minimum Gasteiger partial charge on any atom is -0.372 e. The molecule has 0 fully saturated rings. The molecule has 0 amide bonds. The second-order valence-corrected chi connectivity index (χ2v) is 12.3. The molecule has 0 spiro atoms. The van der Waals surface area contributed by atoms with E-state index < -0.39 is 0 Å². The molecular weight excluding hydrogens is 529 g/mol. The largest absolute Gasteiger partial charge is 0.372 e. The third-order valence-electron chi connectivity index (χ3n) is 5.42. The number of unbranched alkanes of at least 4 members (excludes halogenated alkanes) is 1. The quantitative estimate of drug-likeness (QED) is 0.118. The van der Waals surface area contributed by atoms with Crippen LogP contribution in [0.2, 0.25) is 0 Å². The normalized spacial score (nSPS) is 10.5. The van der Waals surface area contributed by atoms with Crippen LogP contribution >= 0.6 is 47.0 Å². The van der Waals surface area contributed by atoms with Crippen molar-refractivity contribution in [3.8, 4) is 0 Å². The van der Waals surface area contributed by atoms with Crippen molar-refractivity contribution in [2.24, 2.45) is 0 Å². The van der Waals surface area contributed by atoms with E-state index in [0.29, 0.717) is 13.2 Å². The zero-order chi connectivity index (χ0) is 26.0. The molecule has 4 aromatic carbocycles. The molecule has 0 N–H and O–H groups in total. The van der Waals surface area contributed by atoms with Crippen LogP contribution in [-0.4, -0.2) is 24.0 Å². The summed E-state index contributed by atoms with van der Waals surface area (Å²) >= 11 is 7.43. The first-order chi connectivity index (χ1) is 18.3. The Morgan fingerprint density at radius 3 is 1.19 bits per heavy atom. The second kappa shape index (κ2) is 18.5. The van der Waals surface area contributed by atoms with Crippen LogP contribution in [0.15, 0.2) is 129 Å². The van der Waals surface area contributed by atoms with Crippen LogP contribution < -0.4 is 0 Å². The summed E-state index contributed by atoms with van der Waals surface area (Å²) in [5.74, 6) is 2.44. The molecule has 194 valence electrons. The Morgan fingerprint density at radius 1 is 0.459 bits per heavy atom. The first-order valence-electron chi connectivity index (χ1n) is 12.5. The Kier molecular flexibility index (Phi) is 14.9. The van der Waals surface area contributed by atoms with E-state index in [1.807, 2.05) is 23.5 Å². The molecule has 0 aliphatic rings. The van der Waals surface area contributed by atoms with Crippen molar-refractivity contribution >= 4 is 47.0 Å². The van der Waals surface area contributed by atoms with E-state index in [0.717, 1.165) is 0 Å². The van der Waals surface area contributed by atoms with Gasteiger partial charge in [0.1, 0.15) is 0 Å². The van der Waals surface area contributed by atoms with Gasteiger partial charge < -0.3 is 4.74 Å². The third kappa shape index (κ3) is 12.6. The molecule has 1 nitrogen and oxygen atoms in total. The lowest BCUT2D eigenvalue weighted by Crippen LogP contribution is -1.94. The fourth-order valence-electron chi connectivity index (χ4n) is 3.35. The van der Waals surface area contributed by atoms with Crippen LogP contribution in [0.4, 0.5) is 0 Å². The van der Waals surface area contributed by atoms with Gasteiger partial charge >= 0.3 is 0 Å². The Hall–Kier alpha value is -1.76. The first-order valence-corrected chi connectivity index (χ1v) is 16.9. The van der Waals surface area contributed by atoms with E-state index in [1.54, 1.807) is 23.5 Å². The fourth-order valence-corrected chi connectivity index (χ4v) is 6.03. The van der Waals surface area contributed by atoms with Crippen molar-refractivity contribution in [3.63, 3.8) is 0 Å². The van der Waals surface area contributed by atoms with Gasteiger partial charge in [-0.2, -0.15) is 0 Å². The number of ether oxygens (including phenoxy) is 1. The van der Waals surface area contributed by atoms with Crippen LogP contribution in [0.1, 0.15) is 24.0 Å². The van der Waals surface area contributed by atoms with Crippen molar-refractivity contribution in [1.82, 2.24) is 0 Å². The highest BCUT2D eigenvalue weighted by molar-refractivity contribution is 7.99. The molecule has 0 saturated carbocycles. The van der Waals surface area contributed by atoms with Gasteiger partial charge in [0.25, 0.3) is 0 Å². The number of thioether (sulfide) groups is 4. The highest BCUT2D eigenvalue weighted by atomic mass is 32.2. The highest BCUT2D eigenvalue weighted by Gasteiger charge is 1.98. The van der Waals surface area contributed by atoms with Gasteiger partial charge in [0.15, 0.2) is 0 Å². The highest BCUT2D eigenvalue weighted by Crippen LogP contribution is 2.22. The molecular formula is C32H36OS4. The summed E-state index contributed by atoms with van der Waals surface area (Å²) in [4.78, 5) is 5.34. The smallest absolute Gasteiger partial charge is 0.0721 e. The maximum Gasteiger partial charge on any atom is 0.0721 e. The fraction of sp³-hybridized carbons (Fsp3) is 0.250. The Balaban J connectivity index is 0.000000206. The van der Waals surface area contributed by atoms with Crippen molar-refractivity contribution < 1.29 is 4.74 Å². The Morgan fingerprint density at radius 2 is 0.838 bits per heavy atom. The van der Waals surface area contributed by atoms with E-state index in [2.05, 4.69) is 122 Å². The monoisotopic (exact) mass is 564 g/mol. The van der Waals surface area contributed by atoms with Gasteiger partial charge in [0.2, 0.25) is 0 Å². The summed E-state index contributed by atoms with van der Waals surface area (Å²) in [6.07, 6.45) is 6.76. The Labute approximate surface area is 240 Å². The van der Waals surface area contributed by atoms with Crippen molar-refractivity contribution in [2.75, 3.05) is 24.0 Å². The molecule has 0 aromatic heterocycles. The number of hydrogen-bond acceptors (Lipinski definition) is 5. The topological polar surface area (TPSA) is 9.23 Å². The lowest BCUT2D eigenvalue weighted by atomic mass is 10.2. The summed E-state index contributed by atoms with van der Waals surface area (Å²) < 4.78 is 5.74. The molecule has 0 radical (unpaired) electrons. The number of rotatable bonds is 13. The molecule has 4 aromatic rings. The zero-order valence-electron chi connectivity index (χ0n) is 21.7. The molecule has 0 saturated heterocycles. The second-order valence-electron chi connectivity index (χ2n) is 8.22. The third-order valence-corrected chi connectivity index (χ3v) is 9.10. The predicted octanol–water partition coefficient (Wildman–Crippen LogP) is 10.2. The van der Waals surface area contributed by atoms with Gasteiger partial charge in [-0.25, -0.2) is 0 Å². The van der Waals surface area contributed by atoms with Crippen molar-refractivity contribution in [2.45, 2.75) is 45.6 Å². The van der Waals surface area contributed by atoms with Gasteiger partial charge in [-0.15, -0.1) is 47.0 Å². The van der Waals surface area contributed by atoms with Gasteiger partial charge in [0.05, 0.1) is 13.2 Å². The standard InChI is InChI=1S/C16H18OS2.C16H18S2/c1-18-15-7-3-13(4-8-15)11-17-12-14-5-9-16(19-2)10-6-14;1-3-9-15(10-4-1)17-13-7-8-14-18-16-11-5-2-6-12-16/h3-10H,11-12H2,1-2H3;1-6,9-12H,7-8,13-14H2. The van der Waals surface area contributed by atoms with E-state index in [1.165, 1.54) is 55.1 Å². The minimum atomic E-state index is 0.666. The average molecular weight is 565 g/mol. The summed E-state index contributed by atoms with van der Waals surface area (Å²) in [5.41, 5.74) is 2.44. The maximum absolute atomic E-state index is 5.74. The lowest BCUT2D eigenvalue weighted by Gasteiger charge is -2.06. The van der Waals surface area contributed by atoms with Gasteiger partial charge in [0, 0.05) is 19.6 Å². The van der Waals surface area contributed by atoms with Crippen LogP contribution in [0, 0.1) is 0 Å². The molecule has 0 aliphatic heterocycles. The summed E-state index contributed by atoms with van der Waals surface area (Å²) in [7, 11) is 0. The molecule has 37 heavy (non-hydrogen) atoms. The minimum absolute atomic E-state index is 0.666. The molecule has 5 heteroatoms. The maximum atomic E-state index is 5.74. The van der Waals surface area contributed by atoms with Crippen molar-refractivity contribution in [3.05, 3.63) is 120 Å². The molecule has 0 bridgehead atoms. The van der Waals surface area contributed by atoms with Gasteiger partial charge in [-0.1, -0.05) is 60.7 Å². The van der Waals surface area contributed by atoms with Crippen LogP contribution in [0.5, 0.6) is 0 Å². The molecule has 0 atom stereocenters. The van der Waals surface area contributed by atoms with Gasteiger partial charge in [-0.05, 0) is 96.5 Å². The average Bonchev–Trinajstić information content (AvgIpc) is 2.97. The van der Waals surface area contributed by atoms with Crippen LogP contribution in [0.3, 0.4) is 0 Å². The summed E-state index contributed by atoms with van der Waals surface area (Å²) in [6.45, 7) is 1.33. The zero-order valence-corrected chi connectivity index (χ0v) is 24.9. The Bertz CT molecular complexity index is 1010. The molecule has 4 rings (SSSR count). The lowest BCUT2D eigenvalue weighted by molar-refractivity contribution is 0.107. The van der Waals surface area contributed by atoms with E-state index in [4.69, 9.17) is 4.74 Å². The predicted molar refractivity (Wildman–Crippen MR) is 169 cm³/mol.